The number of hydrogen-bond acceptors (Lipinski definition) is 14. The lowest BCUT2D eigenvalue weighted by Crippen LogP contribution is -2.15. The first kappa shape index (κ1) is 56.0. The second-order valence-corrected chi connectivity index (χ2v) is 13.6. The minimum absolute atomic E-state index is 0.159. The Kier molecular flexibility index (Phi) is 52.1. The van der Waals surface area contributed by atoms with Crippen molar-refractivity contribution in [1.82, 2.24) is 0 Å². The molecule has 0 atom stereocenters. The van der Waals surface area contributed by atoms with Crippen LogP contribution in [0.2, 0.25) is 0 Å². The van der Waals surface area contributed by atoms with Crippen LogP contribution >= 0.6 is 0 Å². The van der Waals surface area contributed by atoms with E-state index < -0.39 is 0 Å². The van der Waals surface area contributed by atoms with Gasteiger partial charge in [0.15, 0.2) is 0 Å². The lowest BCUT2D eigenvalue weighted by Gasteiger charge is -2.09. The molecule has 0 aliphatic carbocycles. The van der Waals surface area contributed by atoms with Gasteiger partial charge in [-0.25, -0.2) is 0 Å². The number of rotatable bonds is 52. The van der Waals surface area contributed by atoms with Crippen LogP contribution in [0.3, 0.4) is 0 Å². The Morgan fingerprint density at radius 1 is 0.246 bits per heavy atom. The van der Waals surface area contributed by atoms with Gasteiger partial charge in [0.1, 0.15) is 6.61 Å². The molecule has 0 aromatic rings. The topological polar surface area (TPSA) is 137 Å². The van der Waals surface area contributed by atoms with Gasteiger partial charge < -0.3 is 61.6 Å². The van der Waals surface area contributed by atoms with Crippen LogP contribution in [0.15, 0.2) is 0 Å². The standard InChI is InChI=1S/C43H86O14/c1-3-5-7-8-9-10-11-12-13-14-16-18-45-19-20-46-21-22-47-23-24-48-25-26-49-27-28-50-29-30-51-31-32-52-33-34-53-35-36-54-37-38-55-39-40-56-41-42-57-43(44)17-15-6-4-2/h3-42H2,1-2H3. The molecule has 14 nitrogen and oxygen atoms in total. The fourth-order valence-corrected chi connectivity index (χ4v) is 5.20. The van der Waals surface area contributed by atoms with Gasteiger partial charge in [-0.3, -0.25) is 4.79 Å². The molecule has 0 saturated carbocycles. The molecule has 0 amide bonds. The first-order valence-electron chi connectivity index (χ1n) is 22.4. The zero-order valence-electron chi connectivity index (χ0n) is 36.5. The quantitative estimate of drug-likeness (QED) is 0.0480. The highest BCUT2D eigenvalue weighted by Crippen LogP contribution is 2.11. The van der Waals surface area contributed by atoms with Gasteiger partial charge in [0, 0.05) is 13.0 Å². The number of ether oxygens (including phenoxy) is 13. The average Bonchev–Trinajstić information content (AvgIpc) is 3.22. The molecule has 0 spiro atoms. The van der Waals surface area contributed by atoms with Crippen LogP contribution in [0.4, 0.5) is 0 Å². The van der Waals surface area contributed by atoms with Crippen molar-refractivity contribution in [3.63, 3.8) is 0 Å². The molecule has 0 fully saturated rings. The molecular weight excluding hydrogens is 740 g/mol. The Bertz CT molecular complexity index is 736. The van der Waals surface area contributed by atoms with Gasteiger partial charge in [0.2, 0.25) is 0 Å². The van der Waals surface area contributed by atoms with Crippen molar-refractivity contribution in [2.75, 3.05) is 165 Å². The van der Waals surface area contributed by atoms with Gasteiger partial charge in [-0.1, -0.05) is 90.9 Å². The number of esters is 1. The Morgan fingerprint density at radius 3 is 0.737 bits per heavy atom. The second-order valence-electron chi connectivity index (χ2n) is 13.6. The van der Waals surface area contributed by atoms with Crippen molar-refractivity contribution in [3.05, 3.63) is 0 Å². The van der Waals surface area contributed by atoms with Crippen LogP contribution in [0.5, 0.6) is 0 Å². The molecule has 0 bridgehead atoms. The average molecular weight is 827 g/mol. The maximum absolute atomic E-state index is 11.5. The van der Waals surface area contributed by atoms with E-state index in [1.165, 1.54) is 64.2 Å². The normalized spacial score (nSPS) is 11.5. The molecule has 0 aliphatic heterocycles. The van der Waals surface area contributed by atoms with E-state index in [1.807, 2.05) is 0 Å². The number of unbranched alkanes of at least 4 members (excludes halogenated alkanes) is 12. The highest BCUT2D eigenvalue weighted by Gasteiger charge is 2.02. The largest absolute Gasteiger partial charge is 0.463 e. The van der Waals surface area contributed by atoms with Crippen molar-refractivity contribution < 1.29 is 66.4 Å². The van der Waals surface area contributed by atoms with Crippen LogP contribution in [-0.4, -0.2) is 171 Å². The minimum Gasteiger partial charge on any atom is -0.463 e. The van der Waals surface area contributed by atoms with E-state index in [9.17, 15) is 4.79 Å². The highest BCUT2D eigenvalue weighted by molar-refractivity contribution is 5.69. The summed E-state index contributed by atoms with van der Waals surface area (Å²) in [5.41, 5.74) is 0. The van der Waals surface area contributed by atoms with Gasteiger partial charge in [0.25, 0.3) is 0 Å². The number of carbonyl (C=O) groups excluding carboxylic acids is 1. The summed E-state index contributed by atoms with van der Waals surface area (Å²) >= 11 is 0. The van der Waals surface area contributed by atoms with Crippen molar-refractivity contribution in [2.24, 2.45) is 0 Å². The highest BCUT2D eigenvalue weighted by atomic mass is 16.6. The molecule has 0 aromatic heterocycles. The third kappa shape index (κ3) is 53.0. The summed E-state index contributed by atoms with van der Waals surface area (Å²) in [5, 5.41) is 0. The number of carbonyl (C=O) groups is 1. The van der Waals surface area contributed by atoms with Gasteiger partial charge in [0.05, 0.1) is 152 Å². The van der Waals surface area contributed by atoms with E-state index in [2.05, 4.69) is 13.8 Å². The van der Waals surface area contributed by atoms with Gasteiger partial charge >= 0.3 is 5.97 Å². The zero-order chi connectivity index (χ0) is 41.1. The first-order valence-corrected chi connectivity index (χ1v) is 22.4. The maximum atomic E-state index is 11.5. The molecule has 0 aromatic carbocycles. The molecule has 0 rings (SSSR count). The summed E-state index contributed by atoms with van der Waals surface area (Å²) in [6, 6.07) is 0. The summed E-state index contributed by atoms with van der Waals surface area (Å²) in [4.78, 5) is 11.5. The van der Waals surface area contributed by atoms with Gasteiger partial charge in [-0.15, -0.1) is 0 Å². The fraction of sp³-hybridized carbons (Fsp3) is 0.977. The lowest BCUT2D eigenvalue weighted by atomic mass is 10.1. The first-order chi connectivity index (χ1) is 28.3. The molecule has 0 N–H and O–H groups in total. The minimum atomic E-state index is -0.159. The smallest absolute Gasteiger partial charge is 0.305 e. The Morgan fingerprint density at radius 2 is 0.456 bits per heavy atom. The number of hydrogen-bond donors (Lipinski definition) is 0. The molecule has 57 heavy (non-hydrogen) atoms. The summed E-state index contributed by atoms with van der Waals surface area (Å²) in [7, 11) is 0. The van der Waals surface area contributed by atoms with E-state index in [0.717, 1.165) is 32.3 Å². The molecule has 342 valence electrons. The van der Waals surface area contributed by atoms with E-state index in [1.54, 1.807) is 0 Å². The SMILES string of the molecule is CCCCCCCCCCCCCOCCOCCOCCOCCOCCOCCOCCOCCOCCOCCOCCOCCOC(=O)CCCCC. The van der Waals surface area contributed by atoms with Crippen molar-refractivity contribution in [2.45, 2.75) is 110 Å². The molecule has 0 unspecified atom stereocenters. The molecular formula is C43H86O14. The van der Waals surface area contributed by atoms with Crippen LogP contribution in [-0.2, 0) is 66.4 Å². The Labute approximate surface area is 347 Å². The Balaban J connectivity index is 3.08. The summed E-state index contributed by atoms with van der Waals surface area (Å²) in [6.07, 6.45) is 18.3. The predicted molar refractivity (Wildman–Crippen MR) is 221 cm³/mol. The van der Waals surface area contributed by atoms with E-state index in [4.69, 9.17) is 61.6 Å². The van der Waals surface area contributed by atoms with Gasteiger partial charge in [-0.05, 0) is 12.8 Å². The fourth-order valence-electron chi connectivity index (χ4n) is 5.20. The van der Waals surface area contributed by atoms with Crippen molar-refractivity contribution in [3.8, 4) is 0 Å². The van der Waals surface area contributed by atoms with Crippen LogP contribution in [0.1, 0.15) is 110 Å². The lowest BCUT2D eigenvalue weighted by molar-refractivity contribution is -0.145. The van der Waals surface area contributed by atoms with E-state index in [0.29, 0.717) is 158 Å². The summed E-state index contributed by atoms with van der Waals surface area (Å²) < 4.78 is 71.2. The van der Waals surface area contributed by atoms with Crippen molar-refractivity contribution in [1.29, 1.82) is 0 Å². The van der Waals surface area contributed by atoms with E-state index in [-0.39, 0.29) is 12.6 Å². The van der Waals surface area contributed by atoms with Gasteiger partial charge in [-0.2, -0.15) is 0 Å². The van der Waals surface area contributed by atoms with Crippen LogP contribution in [0, 0.1) is 0 Å². The van der Waals surface area contributed by atoms with Crippen LogP contribution in [0.25, 0.3) is 0 Å². The molecule has 0 heterocycles. The maximum Gasteiger partial charge on any atom is 0.305 e. The Hall–Kier alpha value is -1.01. The zero-order valence-corrected chi connectivity index (χ0v) is 36.5. The molecule has 0 aliphatic rings. The molecule has 14 heteroatoms. The van der Waals surface area contributed by atoms with Crippen LogP contribution < -0.4 is 0 Å². The van der Waals surface area contributed by atoms with Crippen molar-refractivity contribution >= 4 is 5.97 Å². The third-order valence-electron chi connectivity index (χ3n) is 8.46. The summed E-state index contributed by atoms with van der Waals surface area (Å²) in [5.74, 6) is -0.159. The molecule has 0 radical (unpaired) electrons. The second kappa shape index (κ2) is 53.0. The predicted octanol–water partition coefficient (Wildman–Crippen LogP) is 6.62. The monoisotopic (exact) mass is 827 g/mol. The summed E-state index contributed by atoms with van der Waals surface area (Å²) in [6.45, 7) is 17.3. The van der Waals surface area contributed by atoms with E-state index >= 15 is 0 Å². The third-order valence-corrected chi connectivity index (χ3v) is 8.46. The molecule has 0 saturated heterocycles.